The van der Waals surface area contributed by atoms with Crippen LogP contribution in [-0.2, 0) is 20.9 Å². The molecule has 2 aliphatic rings. The molecule has 3 amide bonds. The van der Waals surface area contributed by atoms with Gasteiger partial charge in [-0.15, -0.1) is 0 Å². The number of benzene rings is 1. The smallest absolute Gasteiger partial charge is 0.229 e. The summed E-state index contributed by atoms with van der Waals surface area (Å²) < 4.78 is 0. The minimum Gasteiger partial charge on any atom is -0.335 e. The third kappa shape index (κ3) is 4.27. The monoisotopic (exact) mass is 342 g/mol. The van der Waals surface area contributed by atoms with E-state index in [2.05, 4.69) is 38.1 Å². The summed E-state index contributed by atoms with van der Waals surface area (Å²) in [5, 5.41) is 0. The molecule has 3 rings (SSSR count). The van der Waals surface area contributed by atoms with E-state index in [4.69, 9.17) is 0 Å². The van der Waals surface area contributed by atoms with Gasteiger partial charge in [0.25, 0.3) is 0 Å². The van der Waals surface area contributed by atoms with Crippen molar-refractivity contribution in [3.63, 3.8) is 0 Å². The molecule has 5 heteroatoms. The average Bonchev–Trinajstić information content (AvgIpc) is 3.38. The van der Waals surface area contributed by atoms with Crippen molar-refractivity contribution in [2.75, 3.05) is 6.54 Å². The van der Waals surface area contributed by atoms with Crippen LogP contribution in [0.2, 0.25) is 0 Å². The predicted octanol–water partition coefficient (Wildman–Crippen LogP) is 2.84. The standard InChI is InChI=1S/C20H26N2O3/c1-14(2)16-5-3-15(4-6-16)13-22(17-7-8-17)20(25)11-12-21-18(23)9-10-19(21)24/h3-6,14,17H,7-13H2,1-2H3. The molecule has 0 bridgehead atoms. The normalized spacial score (nSPS) is 17.5. The van der Waals surface area contributed by atoms with Gasteiger partial charge in [-0.2, -0.15) is 0 Å². The van der Waals surface area contributed by atoms with E-state index >= 15 is 0 Å². The van der Waals surface area contributed by atoms with Crippen LogP contribution in [0.3, 0.4) is 0 Å². The van der Waals surface area contributed by atoms with Crippen LogP contribution in [0.1, 0.15) is 63.0 Å². The Morgan fingerprint density at radius 2 is 1.72 bits per heavy atom. The minimum atomic E-state index is -0.153. The summed E-state index contributed by atoms with van der Waals surface area (Å²) in [5.41, 5.74) is 2.41. The van der Waals surface area contributed by atoms with Crippen molar-refractivity contribution in [2.24, 2.45) is 0 Å². The first-order chi connectivity index (χ1) is 12.0. The molecule has 25 heavy (non-hydrogen) atoms. The number of carbonyl (C=O) groups excluding carboxylic acids is 3. The molecule has 0 radical (unpaired) electrons. The van der Waals surface area contributed by atoms with Crippen LogP contribution >= 0.6 is 0 Å². The third-order valence-corrected chi connectivity index (χ3v) is 5.01. The third-order valence-electron chi connectivity index (χ3n) is 5.01. The SMILES string of the molecule is CC(C)c1ccc(CN(C(=O)CCN2C(=O)CCC2=O)C2CC2)cc1. The number of rotatable bonds is 7. The van der Waals surface area contributed by atoms with Gasteiger partial charge in [0.2, 0.25) is 17.7 Å². The number of nitrogens with zero attached hydrogens (tertiary/aromatic N) is 2. The molecule has 0 unspecified atom stereocenters. The number of likely N-dealkylation sites (tertiary alicyclic amines) is 1. The maximum atomic E-state index is 12.7. The Morgan fingerprint density at radius 1 is 1.12 bits per heavy atom. The molecule has 1 saturated heterocycles. The lowest BCUT2D eigenvalue weighted by Crippen LogP contribution is -2.37. The number of imide groups is 1. The van der Waals surface area contributed by atoms with Gasteiger partial charge < -0.3 is 4.90 Å². The summed E-state index contributed by atoms with van der Waals surface area (Å²) >= 11 is 0. The second kappa shape index (κ2) is 7.38. The molecule has 1 aromatic rings. The highest BCUT2D eigenvalue weighted by molar-refractivity contribution is 6.02. The minimum absolute atomic E-state index is 0.0305. The Morgan fingerprint density at radius 3 is 2.24 bits per heavy atom. The molecular formula is C20H26N2O3. The second-order valence-corrected chi connectivity index (χ2v) is 7.34. The van der Waals surface area contributed by atoms with Crippen molar-refractivity contribution < 1.29 is 14.4 Å². The molecule has 1 heterocycles. The molecule has 1 aliphatic carbocycles. The Hall–Kier alpha value is -2.17. The Labute approximate surface area is 149 Å². The first kappa shape index (κ1) is 17.6. The molecule has 0 spiro atoms. The van der Waals surface area contributed by atoms with Gasteiger partial charge in [0.05, 0.1) is 0 Å². The van der Waals surface area contributed by atoms with Crippen LogP contribution in [0.15, 0.2) is 24.3 Å². The van der Waals surface area contributed by atoms with Gasteiger partial charge in [-0.05, 0) is 29.9 Å². The molecule has 2 fully saturated rings. The van der Waals surface area contributed by atoms with E-state index in [1.165, 1.54) is 10.5 Å². The van der Waals surface area contributed by atoms with Gasteiger partial charge in [0.15, 0.2) is 0 Å². The van der Waals surface area contributed by atoms with Gasteiger partial charge in [0.1, 0.15) is 0 Å². The highest BCUT2D eigenvalue weighted by Gasteiger charge is 2.34. The summed E-state index contributed by atoms with van der Waals surface area (Å²) in [4.78, 5) is 39.1. The van der Waals surface area contributed by atoms with E-state index in [0.717, 1.165) is 18.4 Å². The molecule has 0 aromatic heterocycles. The van der Waals surface area contributed by atoms with Gasteiger partial charge in [0, 0.05) is 38.4 Å². The van der Waals surface area contributed by atoms with Crippen molar-refractivity contribution in [1.29, 1.82) is 0 Å². The number of amides is 3. The summed E-state index contributed by atoms with van der Waals surface area (Å²) in [6.07, 6.45) is 2.86. The summed E-state index contributed by atoms with van der Waals surface area (Å²) in [7, 11) is 0. The van der Waals surface area contributed by atoms with Gasteiger partial charge in [-0.25, -0.2) is 0 Å². The molecular weight excluding hydrogens is 316 g/mol. The fourth-order valence-electron chi connectivity index (χ4n) is 3.24. The molecule has 1 aromatic carbocycles. The molecule has 0 N–H and O–H groups in total. The molecule has 5 nitrogen and oxygen atoms in total. The maximum Gasteiger partial charge on any atom is 0.229 e. The second-order valence-electron chi connectivity index (χ2n) is 7.34. The van der Waals surface area contributed by atoms with E-state index in [9.17, 15) is 14.4 Å². The topological polar surface area (TPSA) is 57.7 Å². The number of hydrogen-bond donors (Lipinski definition) is 0. The average molecular weight is 342 g/mol. The number of hydrogen-bond acceptors (Lipinski definition) is 3. The van der Waals surface area contributed by atoms with Crippen molar-refractivity contribution in [2.45, 2.75) is 64.5 Å². The highest BCUT2D eigenvalue weighted by atomic mass is 16.2. The van der Waals surface area contributed by atoms with Crippen LogP contribution in [0.5, 0.6) is 0 Å². The lowest BCUT2D eigenvalue weighted by molar-refractivity contribution is -0.139. The lowest BCUT2D eigenvalue weighted by atomic mass is 10.0. The fourth-order valence-corrected chi connectivity index (χ4v) is 3.24. The molecule has 1 aliphatic heterocycles. The van der Waals surface area contributed by atoms with Crippen LogP contribution < -0.4 is 0 Å². The van der Waals surface area contributed by atoms with Crippen molar-refractivity contribution in [3.05, 3.63) is 35.4 Å². The molecule has 1 saturated carbocycles. The first-order valence-electron chi connectivity index (χ1n) is 9.17. The molecule has 0 atom stereocenters. The van der Waals surface area contributed by atoms with Gasteiger partial charge in [-0.3, -0.25) is 19.3 Å². The Kier molecular flexibility index (Phi) is 5.21. The van der Waals surface area contributed by atoms with Crippen molar-refractivity contribution in [1.82, 2.24) is 9.80 Å². The Balaban J connectivity index is 1.59. The van der Waals surface area contributed by atoms with E-state index in [-0.39, 0.29) is 43.5 Å². The van der Waals surface area contributed by atoms with E-state index in [0.29, 0.717) is 18.5 Å². The first-order valence-corrected chi connectivity index (χ1v) is 9.17. The zero-order valence-corrected chi connectivity index (χ0v) is 15.0. The zero-order chi connectivity index (χ0) is 18.0. The summed E-state index contributed by atoms with van der Waals surface area (Å²) in [6, 6.07) is 8.73. The van der Waals surface area contributed by atoms with Crippen LogP contribution in [0.25, 0.3) is 0 Å². The number of carbonyl (C=O) groups is 3. The highest BCUT2D eigenvalue weighted by Crippen LogP contribution is 2.29. The van der Waals surface area contributed by atoms with E-state index in [1.807, 2.05) is 4.90 Å². The zero-order valence-electron chi connectivity index (χ0n) is 15.0. The maximum absolute atomic E-state index is 12.7. The van der Waals surface area contributed by atoms with Crippen LogP contribution in [-0.4, -0.2) is 40.1 Å². The lowest BCUT2D eigenvalue weighted by Gasteiger charge is -2.24. The Bertz CT molecular complexity index is 646. The van der Waals surface area contributed by atoms with E-state index in [1.54, 1.807) is 0 Å². The van der Waals surface area contributed by atoms with Crippen LogP contribution in [0, 0.1) is 0 Å². The van der Waals surface area contributed by atoms with Gasteiger partial charge >= 0.3 is 0 Å². The van der Waals surface area contributed by atoms with Crippen molar-refractivity contribution in [3.8, 4) is 0 Å². The largest absolute Gasteiger partial charge is 0.335 e. The molecule has 134 valence electrons. The summed E-state index contributed by atoms with van der Waals surface area (Å²) in [5.74, 6) is 0.216. The van der Waals surface area contributed by atoms with Gasteiger partial charge in [-0.1, -0.05) is 38.1 Å². The quantitative estimate of drug-likeness (QED) is 0.716. The summed E-state index contributed by atoms with van der Waals surface area (Å²) in [6.45, 7) is 5.14. The predicted molar refractivity (Wildman–Crippen MR) is 94.7 cm³/mol. The van der Waals surface area contributed by atoms with Crippen molar-refractivity contribution >= 4 is 17.7 Å². The van der Waals surface area contributed by atoms with E-state index < -0.39 is 0 Å². The fraction of sp³-hybridized carbons (Fsp3) is 0.550. The van der Waals surface area contributed by atoms with Crippen LogP contribution in [0.4, 0.5) is 0 Å².